The van der Waals surface area contributed by atoms with Crippen LogP contribution in [0, 0.1) is 5.92 Å². The van der Waals surface area contributed by atoms with Crippen molar-refractivity contribution in [1.82, 2.24) is 4.90 Å². The second-order valence-electron chi connectivity index (χ2n) is 5.04. The molecule has 0 aliphatic carbocycles. The fourth-order valence-corrected chi connectivity index (χ4v) is 3.40. The van der Waals surface area contributed by atoms with E-state index in [4.69, 9.17) is 5.73 Å². The van der Waals surface area contributed by atoms with Crippen molar-refractivity contribution in [3.63, 3.8) is 0 Å². The SMILES string of the molecule is CCCN1CCC(CN)C1c1ccc(SC)cc1. The molecule has 0 spiro atoms. The molecule has 100 valence electrons. The third-order valence-corrected chi connectivity index (χ3v) is 4.64. The fourth-order valence-electron chi connectivity index (χ4n) is 3.00. The molecular weight excluding hydrogens is 240 g/mol. The van der Waals surface area contributed by atoms with Crippen LogP contribution >= 0.6 is 11.8 Å². The van der Waals surface area contributed by atoms with Gasteiger partial charge in [0.2, 0.25) is 0 Å². The lowest BCUT2D eigenvalue weighted by Gasteiger charge is -2.28. The zero-order chi connectivity index (χ0) is 13.0. The van der Waals surface area contributed by atoms with E-state index in [2.05, 4.69) is 42.3 Å². The number of nitrogens with two attached hydrogens (primary N) is 1. The second kappa shape index (κ2) is 6.60. The van der Waals surface area contributed by atoms with Crippen LogP contribution in [0.1, 0.15) is 31.4 Å². The van der Waals surface area contributed by atoms with Gasteiger partial charge in [-0.2, -0.15) is 0 Å². The molecule has 0 saturated carbocycles. The van der Waals surface area contributed by atoms with Crippen LogP contribution < -0.4 is 5.73 Å². The minimum absolute atomic E-state index is 0.533. The van der Waals surface area contributed by atoms with E-state index in [-0.39, 0.29) is 0 Å². The van der Waals surface area contributed by atoms with Crippen molar-refractivity contribution in [2.75, 3.05) is 25.9 Å². The highest BCUT2D eigenvalue weighted by atomic mass is 32.2. The van der Waals surface area contributed by atoms with Crippen molar-refractivity contribution in [2.45, 2.75) is 30.7 Å². The Morgan fingerprint density at radius 2 is 2.06 bits per heavy atom. The van der Waals surface area contributed by atoms with Crippen LogP contribution in [-0.2, 0) is 0 Å². The largest absolute Gasteiger partial charge is 0.330 e. The van der Waals surface area contributed by atoms with E-state index >= 15 is 0 Å². The molecule has 2 rings (SSSR count). The van der Waals surface area contributed by atoms with Crippen molar-refractivity contribution in [3.05, 3.63) is 29.8 Å². The Morgan fingerprint density at radius 3 is 2.61 bits per heavy atom. The van der Waals surface area contributed by atoms with Crippen LogP contribution in [0.5, 0.6) is 0 Å². The minimum Gasteiger partial charge on any atom is -0.330 e. The normalized spacial score (nSPS) is 24.6. The zero-order valence-corrected chi connectivity index (χ0v) is 12.2. The van der Waals surface area contributed by atoms with Crippen molar-refractivity contribution in [1.29, 1.82) is 0 Å². The summed E-state index contributed by atoms with van der Waals surface area (Å²) in [5, 5.41) is 0. The van der Waals surface area contributed by atoms with Crippen LogP contribution in [0.2, 0.25) is 0 Å². The fraction of sp³-hybridized carbons (Fsp3) is 0.600. The summed E-state index contributed by atoms with van der Waals surface area (Å²) in [6, 6.07) is 9.57. The number of benzene rings is 1. The average Bonchev–Trinajstić information content (AvgIpc) is 2.82. The summed E-state index contributed by atoms with van der Waals surface area (Å²) in [7, 11) is 0. The van der Waals surface area contributed by atoms with E-state index in [1.807, 2.05) is 0 Å². The Bertz CT molecular complexity index is 363. The molecule has 18 heavy (non-hydrogen) atoms. The molecule has 2 unspecified atom stereocenters. The van der Waals surface area contributed by atoms with Gasteiger partial charge in [-0.1, -0.05) is 19.1 Å². The van der Waals surface area contributed by atoms with Crippen LogP contribution in [0.25, 0.3) is 0 Å². The highest BCUT2D eigenvalue weighted by Gasteiger charge is 2.33. The number of thioether (sulfide) groups is 1. The molecule has 0 aromatic heterocycles. The molecule has 0 bridgehead atoms. The van der Waals surface area contributed by atoms with Gasteiger partial charge in [-0.15, -0.1) is 11.8 Å². The zero-order valence-electron chi connectivity index (χ0n) is 11.4. The predicted octanol–water partition coefficient (Wildman–Crippen LogP) is 3.14. The van der Waals surface area contributed by atoms with E-state index in [1.165, 1.54) is 36.4 Å². The Morgan fingerprint density at radius 1 is 1.33 bits per heavy atom. The van der Waals surface area contributed by atoms with Crippen molar-refractivity contribution in [2.24, 2.45) is 11.7 Å². The van der Waals surface area contributed by atoms with Gasteiger partial charge in [0, 0.05) is 10.9 Å². The molecule has 1 aromatic rings. The maximum Gasteiger partial charge on any atom is 0.0388 e. The highest BCUT2D eigenvalue weighted by molar-refractivity contribution is 7.98. The molecular formula is C15H24N2S. The van der Waals surface area contributed by atoms with Gasteiger partial charge in [0.1, 0.15) is 0 Å². The molecule has 1 heterocycles. The maximum absolute atomic E-state index is 5.95. The molecule has 1 aliphatic heterocycles. The lowest BCUT2D eigenvalue weighted by atomic mass is 9.94. The predicted molar refractivity (Wildman–Crippen MR) is 80.0 cm³/mol. The number of hydrogen-bond acceptors (Lipinski definition) is 3. The van der Waals surface area contributed by atoms with E-state index in [9.17, 15) is 0 Å². The topological polar surface area (TPSA) is 29.3 Å². The third-order valence-electron chi connectivity index (χ3n) is 3.90. The van der Waals surface area contributed by atoms with E-state index in [0.29, 0.717) is 12.0 Å². The summed E-state index contributed by atoms with van der Waals surface area (Å²) in [5.74, 6) is 0.622. The molecule has 0 radical (unpaired) electrons. The first-order valence-electron chi connectivity index (χ1n) is 6.88. The number of rotatable bonds is 5. The Hall–Kier alpha value is -0.510. The third kappa shape index (κ3) is 2.90. The smallest absolute Gasteiger partial charge is 0.0388 e. The van der Waals surface area contributed by atoms with Gasteiger partial charge in [-0.3, -0.25) is 4.90 Å². The molecule has 1 saturated heterocycles. The maximum atomic E-state index is 5.95. The first-order chi connectivity index (χ1) is 8.80. The summed E-state index contributed by atoms with van der Waals surface area (Å²) < 4.78 is 0. The summed E-state index contributed by atoms with van der Waals surface area (Å²) in [6.45, 7) is 5.44. The molecule has 0 amide bonds. The Kier molecular flexibility index (Phi) is 5.10. The van der Waals surface area contributed by atoms with Gasteiger partial charge in [-0.25, -0.2) is 0 Å². The van der Waals surface area contributed by atoms with Crippen LogP contribution in [0.3, 0.4) is 0 Å². The summed E-state index contributed by atoms with van der Waals surface area (Å²) in [5.41, 5.74) is 7.38. The lowest BCUT2D eigenvalue weighted by molar-refractivity contribution is 0.230. The van der Waals surface area contributed by atoms with Gasteiger partial charge in [0.05, 0.1) is 0 Å². The average molecular weight is 264 g/mol. The monoisotopic (exact) mass is 264 g/mol. The Labute approximate surface area is 115 Å². The number of likely N-dealkylation sites (tertiary alicyclic amines) is 1. The first kappa shape index (κ1) is 13.9. The molecule has 1 aromatic carbocycles. The minimum atomic E-state index is 0.533. The summed E-state index contributed by atoms with van der Waals surface area (Å²) >= 11 is 1.80. The summed E-state index contributed by atoms with van der Waals surface area (Å²) in [6.07, 6.45) is 4.58. The Balaban J connectivity index is 2.19. The van der Waals surface area contributed by atoms with Crippen LogP contribution in [-0.4, -0.2) is 30.8 Å². The molecule has 1 fully saturated rings. The molecule has 2 nitrogen and oxygen atoms in total. The van der Waals surface area contributed by atoms with Gasteiger partial charge < -0.3 is 5.73 Å². The first-order valence-corrected chi connectivity index (χ1v) is 8.10. The quantitative estimate of drug-likeness (QED) is 0.829. The van der Waals surface area contributed by atoms with E-state index in [0.717, 1.165) is 6.54 Å². The van der Waals surface area contributed by atoms with Crippen molar-refractivity contribution < 1.29 is 0 Å². The van der Waals surface area contributed by atoms with Gasteiger partial charge in [0.15, 0.2) is 0 Å². The van der Waals surface area contributed by atoms with E-state index < -0.39 is 0 Å². The molecule has 1 aliphatic rings. The van der Waals surface area contributed by atoms with E-state index in [1.54, 1.807) is 11.8 Å². The number of nitrogens with zero attached hydrogens (tertiary/aromatic N) is 1. The molecule has 2 atom stereocenters. The van der Waals surface area contributed by atoms with Crippen LogP contribution in [0.15, 0.2) is 29.2 Å². The van der Waals surface area contributed by atoms with Crippen molar-refractivity contribution in [3.8, 4) is 0 Å². The highest BCUT2D eigenvalue weighted by Crippen LogP contribution is 2.37. The van der Waals surface area contributed by atoms with Crippen LogP contribution in [0.4, 0.5) is 0 Å². The molecule has 2 N–H and O–H groups in total. The molecule has 3 heteroatoms. The van der Waals surface area contributed by atoms with Gasteiger partial charge >= 0.3 is 0 Å². The second-order valence-corrected chi connectivity index (χ2v) is 5.92. The van der Waals surface area contributed by atoms with Gasteiger partial charge in [-0.05, 0) is 62.3 Å². The van der Waals surface area contributed by atoms with Gasteiger partial charge in [0.25, 0.3) is 0 Å². The standard InChI is InChI=1S/C15H24N2S/c1-3-9-17-10-8-13(11-16)15(17)12-4-6-14(18-2)7-5-12/h4-7,13,15H,3,8-11,16H2,1-2H3. The lowest BCUT2D eigenvalue weighted by Crippen LogP contribution is -2.28. The van der Waals surface area contributed by atoms with Crippen molar-refractivity contribution >= 4 is 11.8 Å². The summed E-state index contributed by atoms with van der Waals surface area (Å²) in [4.78, 5) is 3.94. The number of hydrogen-bond donors (Lipinski definition) is 1.